The summed E-state index contributed by atoms with van der Waals surface area (Å²) >= 11 is 0. The third-order valence-electron chi connectivity index (χ3n) is 2.96. The molecule has 0 spiro atoms. The predicted octanol–water partition coefficient (Wildman–Crippen LogP) is 1.54. The van der Waals surface area contributed by atoms with Crippen LogP contribution in [-0.4, -0.2) is 23.2 Å². The van der Waals surface area contributed by atoms with E-state index in [1.165, 1.54) is 4.90 Å². The maximum atomic E-state index is 11.7. The molecule has 4 heteroatoms. The van der Waals surface area contributed by atoms with Crippen molar-refractivity contribution in [2.24, 2.45) is 0 Å². The number of anilines is 1. The number of ketones is 1. The van der Waals surface area contributed by atoms with Crippen LogP contribution >= 0.6 is 0 Å². The van der Waals surface area contributed by atoms with Crippen LogP contribution < -0.4 is 4.90 Å². The lowest BCUT2D eigenvalue weighted by Crippen LogP contribution is -2.27. The van der Waals surface area contributed by atoms with E-state index < -0.39 is 5.91 Å². The summed E-state index contributed by atoms with van der Waals surface area (Å²) < 4.78 is 0. The highest BCUT2D eigenvalue weighted by Gasteiger charge is 2.31. The van der Waals surface area contributed by atoms with Gasteiger partial charge in [0.2, 0.25) is 5.78 Å². The minimum atomic E-state index is -0.415. The van der Waals surface area contributed by atoms with Crippen molar-refractivity contribution in [1.82, 2.24) is 4.98 Å². The lowest BCUT2D eigenvalue weighted by atomic mass is 10.1. The molecule has 0 unspecified atom stereocenters. The molecule has 1 fully saturated rings. The number of Topliss-reactive ketones (excluding diaryl/α,β-unsaturated/α-hetero) is 1. The zero-order valence-electron chi connectivity index (χ0n) is 9.09. The summed E-state index contributed by atoms with van der Waals surface area (Å²) in [5.41, 5.74) is 1.60. The number of hydrogen-bond acceptors (Lipinski definition) is 3. The Morgan fingerprint density at radius 3 is 2.76 bits per heavy atom. The highest BCUT2D eigenvalue weighted by molar-refractivity contribution is 6.44. The van der Waals surface area contributed by atoms with Crippen molar-refractivity contribution >= 4 is 28.3 Å². The molecule has 1 aliphatic heterocycles. The standard InChI is InChI=1S/C13H10N2O2/c16-12-6-8-15(13(12)17)11-5-1-4-10-9(11)3-2-7-14-10/h1-5,7H,6,8H2. The Morgan fingerprint density at radius 1 is 1.12 bits per heavy atom. The average Bonchev–Trinajstić information content (AvgIpc) is 2.69. The van der Waals surface area contributed by atoms with Gasteiger partial charge < -0.3 is 4.90 Å². The van der Waals surface area contributed by atoms with Crippen LogP contribution in [-0.2, 0) is 9.59 Å². The Labute approximate surface area is 97.9 Å². The van der Waals surface area contributed by atoms with E-state index in [1.54, 1.807) is 6.20 Å². The summed E-state index contributed by atoms with van der Waals surface area (Å²) in [4.78, 5) is 28.8. The second-order valence-corrected chi connectivity index (χ2v) is 3.98. The summed E-state index contributed by atoms with van der Waals surface area (Å²) in [6, 6.07) is 9.32. The largest absolute Gasteiger partial charge is 0.305 e. The predicted molar refractivity (Wildman–Crippen MR) is 63.7 cm³/mol. The normalized spacial score (nSPS) is 15.9. The van der Waals surface area contributed by atoms with Crippen LogP contribution in [0.25, 0.3) is 10.9 Å². The van der Waals surface area contributed by atoms with E-state index in [9.17, 15) is 9.59 Å². The number of amides is 1. The average molecular weight is 226 g/mol. The molecule has 1 aliphatic rings. The van der Waals surface area contributed by atoms with Crippen molar-refractivity contribution in [3.63, 3.8) is 0 Å². The number of aromatic nitrogens is 1. The zero-order chi connectivity index (χ0) is 11.8. The van der Waals surface area contributed by atoms with Gasteiger partial charge in [0.25, 0.3) is 5.91 Å². The van der Waals surface area contributed by atoms with Crippen molar-refractivity contribution in [2.75, 3.05) is 11.4 Å². The second-order valence-electron chi connectivity index (χ2n) is 3.98. The lowest BCUT2D eigenvalue weighted by molar-refractivity contribution is -0.133. The Morgan fingerprint density at radius 2 is 2.00 bits per heavy atom. The maximum absolute atomic E-state index is 11.7. The number of carbonyl (C=O) groups excluding carboxylic acids is 2. The molecule has 4 nitrogen and oxygen atoms in total. The molecule has 1 saturated heterocycles. The van der Waals surface area contributed by atoms with Gasteiger partial charge in [-0.15, -0.1) is 0 Å². The molecule has 0 saturated carbocycles. The third kappa shape index (κ3) is 1.49. The smallest absolute Gasteiger partial charge is 0.294 e. The van der Waals surface area contributed by atoms with Gasteiger partial charge >= 0.3 is 0 Å². The first-order chi connectivity index (χ1) is 8.27. The zero-order valence-corrected chi connectivity index (χ0v) is 9.09. The van der Waals surface area contributed by atoms with Crippen LogP contribution in [0.3, 0.4) is 0 Å². The molecule has 0 N–H and O–H groups in total. The summed E-state index contributed by atoms with van der Waals surface area (Å²) in [6.07, 6.45) is 2.01. The van der Waals surface area contributed by atoms with Crippen LogP contribution in [0, 0.1) is 0 Å². The quantitative estimate of drug-likeness (QED) is 0.693. The fourth-order valence-electron chi connectivity index (χ4n) is 2.12. The van der Waals surface area contributed by atoms with Crippen LogP contribution in [0.15, 0.2) is 36.5 Å². The van der Waals surface area contributed by atoms with Gasteiger partial charge in [0, 0.05) is 24.5 Å². The fraction of sp³-hybridized carbons (Fsp3) is 0.154. The van der Waals surface area contributed by atoms with Gasteiger partial charge in [-0.2, -0.15) is 0 Å². The topological polar surface area (TPSA) is 50.3 Å². The molecule has 0 atom stereocenters. The number of hydrogen-bond donors (Lipinski definition) is 0. The van der Waals surface area contributed by atoms with Crippen molar-refractivity contribution in [3.8, 4) is 0 Å². The molecule has 0 radical (unpaired) electrons. The van der Waals surface area contributed by atoms with Gasteiger partial charge in [0.1, 0.15) is 0 Å². The Kier molecular flexibility index (Phi) is 2.14. The molecule has 0 bridgehead atoms. The third-order valence-corrected chi connectivity index (χ3v) is 2.96. The molecule has 2 heterocycles. The first kappa shape index (κ1) is 9.96. The van der Waals surface area contributed by atoms with Crippen molar-refractivity contribution < 1.29 is 9.59 Å². The number of carbonyl (C=O) groups is 2. The first-order valence-electron chi connectivity index (χ1n) is 5.46. The molecular weight excluding hydrogens is 216 g/mol. The molecule has 2 aromatic rings. The summed E-state index contributed by atoms with van der Waals surface area (Å²) in [5, 5.41) is 0.901. The molecule has 0 aliphatic carbocycles. The van der Waals surface area contributed by atoms with E-state index >= 15 is 0 Å². The number of nitrogens with zero attached hydrogens (tertiary/aromatic N) is 2. The Bertz CT molecular complexity index is 616. The number of fused-ring (bicyclic) bond motifs is 1. The Balaban J connectivity index is 2.18. The van der Waals surface area contributed by atoms with Gasteiger partial charge in [0.15, 0.2) is 0 Å². The van der Waals surface area contributed by atoms with E-state index in [-0.39, 0.29) is 5.78 Å². The van der Waals surface area contributed by atoms with Crippen LogP contribution in [0.5, 0.6) is 0 Å². The van der Waals surface area contributed by atoms with E-state index in [2.05, 4.69) is 4.98 Å². The van der Waals surface area contributed by atoms with E-state index in [0.717, 1.165) is 16.6 Å². The van der Waals surface area contributed by atoms with Gasteiger partial charge in [-0.3, -0.25) is 14.6 Å². The highest BCUT2D eigenvalue weighted by atomic mass is 16.2. The highest BCUT2D eigenvalue weighted by Crippen LogP contribution is 2.27. The summed E-state index contributed by atoms with van der Waals surface area (Å²) in [5.74, 6) is -0.729. The molecule has 1 aromatic heterocycles. The van der Waals surface area contributed by atoms with E-state index in [0.29, 0.717) is 13.0 Å². The molecule has 17 heavy (non-hydrogen) atoms. The number of rotatable bonds is 1. The van der Waals surface area contributed by atoms with E-state index in [4.69, 9.17) is 0 Å². The summed E-state index contributed by atoms with van der Waals surface area (Å²) in [7, 11) is 0. The van der Waals surface area contributed by atoms with Gasteiger partial charge in [-0.05, 0) is 24.3 Å². The SMILES string of the molecule is O=C1CCN(c2cccc3ncccc23)C1=O. The van der Waals surface area contributed by atoms with Crippen LogP contribution in [0.2, 0.25) is 0 Å². The summed E-state index contributed by atoms with van der Waals surface area (Å²) in [6.45, 7) is 0.464. The monoisotopic (exact) mass is 226 g/mol. The minimum absolute atomic E-state index is 0.301. The minimum Gasteiger partial charge on any atom is -0.305 e. The van der Waals surface area contributed by atoms with Crippen molar-refractivity contribution in [2.45, 2.75) is 6.42 Å². The fourth-order valence-corrected chi connectivity index (χ4v) is 2.12. The van der Waals surface area contributed by atoms with E-state index in [1.807, 2.05) is 30.3 Å². The van der Waals surface area contributed by atoms with Gasteiger partial charge in [0.05, 0.1) is 11.2 Å². The maximum Gasteiger partial charge on any atom is 0.294 e. The van der Waals surface area contributed by atoms with Crippen molar-refractivity contribution in [3.05, 3.63) is 36.5 Å². The Hall–Kier alpha value is -2.23. The second kappa shape index (κ2) is 3.66. The molecule has 1 amide bonds. The molecule has 3 rings (SSSR count). The molecular formula is C13H10N2O2. The molecule has 1 aromatic carbocycles. The number of pyridine rings is 1. The first-order valence-corrected chi connectivity index (χ1v) is 5.46. The van der Waals surface area contributed by atoms with Crippen LogP contribution in [0.1, 0.15) is 6.42 Å². The lowest BCUT2D eigenvalue weighted by Gasteiger charge is -2.16. The van der Waals surface area contributed by atoms with Crippen molar-refractivity contribution in [1.29, 1.82) is 0 Å². The number of benzene rings is 1. The van der Waals surface area contributed by atoms with Crippen LogP contribution in [0.4, 0.5) is 5.69 Å². The molecule has 84 valence electrons. The van der Waals surface area contributed by atoms with Gasteiger partial charge in [-0.25, -0.2) is 0 Å². The van der Waals surface area contributed by atoms with Gasteiger partial charge in [-0.1, -0.05) is 6.07 Å².